The maximum absolute atomic E-state index is 12.7. The predicted molar refractivity (Wildman–Crippen MR) is 111 cm³/mol. The molecular formula is C20H16BrN3OS. The summed E-state index contributed by atoms with van der Waals surface area (Å²) in [4.78, 5) is 14.3. The molecule has 26 heavy (non-hydrogen) atoms. The topological polar surface area (TPSA) is 46.9 Å². The van der Waals surface area contributed by atoms with Gasteiger partial charge in [-0.05, 0) is 55.8 Å². The van der Waals surface area contributed by atoms with Gasteiger partial charge in [0.1, 0.15) is 4.83 Å². The molecule has 0 radical (unpaired) electrons. The monoisotopic (exact) mass is 425 g/mol. The molecule has 0 atom stereocenters. The number of nitrogens with one attached hydrogen (secondary N) is 1. The Bertz CT molecular complexity index is 1130. The van der Waals surface area contributed by atoms with Crippen LogP contribution in [0.25, 0.3) is 15.9 Å². The molecule has 2 heterocycles. The quantitative estimate of drug-likeness (QED) is 0.456. The number of amides is 1. The van der Waals surface area contributed by atoms with Gasteiger partial charge in [0.15, 0.2) is 0 Å². The number of halogens is 1. The zero-order valence-corrected chi connectivity index (χ0v) is 16.7. The van der Waals surface area contributed by atoms with Crippen molar-refractivity contribution in [3.8, 4) is 5.69 Å². The van der Waals surface area contributed by atoms with Crippen molar-refractivity contribution in [2.24, 2.45) is 0 Å². The van der Waals surface area contributed by atoms with Crippen molar-refractivity contribution in [1.29, 1.82) is 0 Å². The summed E-state index contributed by atoms with van der Waals surface area (Å²) in [6.07, 6.45) is 0. The fourth-order valence-electron chi connectivity index (χ4n) is 2.85. The van der Waals surface area contributed by atoms with E-state index >= 15 is 0 Å². The minimum atomic E-state index is -0.112. The van der Waals surface area contributed by atoms with E-state index in [0.29, 0.717) is 4.88 Å². The van der Waals surface area contributed by atoms with Gasteiger partial charge in [-0.25, -0.2) is 4.68 Å². The first-order valence-corrected chi connectivity index (χ1v) is 9.75. The van der Waals surface area contributed by atoms with Crippen molar-refractivity contribution < 1.29 is 4.79 Å². The molecule has 4 aromatic rings. The summed E-state index contributed by atoms with van der Waals surface area (Å²) < 4.78 is 2.84. The molecule has 2 aromatic heterocycles. The Hall–Kier alpha value is -2.44. The number of carbonyl (C=O) groups excluding carboxylic acids is 1. The average Bonchev–Trinajstić information content (AvgIpc) is 3.16. The van der Waals surface area contributed by atoms with Gasteiger partial charge in [-0.15, -0.1) is 11.3 Å². The summed E-state index contributed by atoms with van der Waals surface area (Å²) in [5.74, 6) is -0.112. The van der Waals surface area contributed by atoms with Crippen molar-refractivity contribution in [2.45, 2.75) is 13.8 Å². The van der Waals surface area contributed by atoms with Crippen LogP contribution in [0.4, 0.5) is 5.69 Å². The highest BCUT2D eigenvalue weighted by Crippen LogP contribution is 2.31. The molecule has 0 spiro atoms. The molecule has 6 heteroatoms. The molecule has 0 aliphatic carbocycles. The van der Waals surface area contributed by atoms with E-state index in [9.17, 15) is 4.79 Å². The second-order valence-corrected chi connectivity index (χ2v) is 8.08. The van der Waals surface area contributed by atoms with Crippen LogP contribution >= 0.6 is 27.3 Å². The van der Waals surface area contributed by atoms with Crippen LogP contribution in [-0.4, -0.2) is 15.7 Å². The van der Waals surface area contributed by atoms with Crippen LogP contribution in [-0.2, 0) is 0 Å². The molecule has 1 amide bonds. The van der Waals surface area contributed by atoms with Crippen molar-refractivity contribution in [3.05, 3.63) is 75.2 Å². The highest BCUT2D eigenvalue weighted by molar-refractivity contribution is 9.10. The summed E-state index contributed by atoms with van der Waals surface area (Å²) in [6.45, 7) is 4.03. The smallest absolute Gasteiger partial charge is 0.265 e. The number of thiophene rings is 1. The van der Waals surface area contributed by atoms with E-state index in [0.717, 1.165) is 31.8 Å². The third kappa shape index (κ3) is 3.18. The molecule has 2 aromatic carbocycles. The molecule has 130 valence electrons. The Morgan fingerprint density at radius 3 is 2.69 bits per heavy atom. The number of aryl methyl sites for hydroxylation is 2. The Morgan fingerprint density at radius 2 is 1.92 bits per heavy atom. The van der Waals surface area contributed by atoms with Crippen LogP contribution in [0, 0.1) is 13.8 Å². The average molecular weight is 426 g/mol. The van der Waals surface area contributed by atoms with E-state index in [4.69, 9.17) is 0 Å². The summed E-state index contributed by atoms with van der Waals surface area (Å²) in [7, 11) is 0. The van der Waals surface area contributed by atoms with E-state index in [2.05, 4.69) is 45.4 Å². The molecule has 0 aliphatic heterocycles. The zero-order chi connectivity index (χ0) is 18.3. The Labute approximate surface area is 163 Å². The first kappa shape index (κ1) is 17.0. The third-order valence-corrected chi connectivity index (χ3v) is 5.70. The number of aromatic nitrogens is 2. The second kappa shape index (κ2) is 6.70. The molecule has 0 saturated carbocycles. The lowest BCUT2D eigenvalue weighted by Gasteiger charge is -2.04. The highest BCUT2D eigenvalue weighted by Gasteiger charge is 2.17. The molecule has 1 N–H and O–H groups in total. The van der Waals surface area contributed by atoms with Crippen LogP contribution < -0.4 is 5.32 Å². The van der Waals surface area contributed by atoms with E-state index in [1.54, 1.807) is 0 Å². The first-order chi connectivity index (χ1) is 12.5. The van der Waals surface area contributed by atoms with Crippen LogP contribution in [0.5, 0.6) is 0 Å². The van der Waals surface area contributed by atoms with Gasteiger partial charge in [0.05, 0.1) is 16.3 Å². The molecular weight excluding hydrogens is 410 g/mol. The number of nitrogens with zero attached hydrogens (tertiary/aromatic N) is 2. The highest BCUT2D eigenvalue weighted by atomic mass is 79.9. The van der Waals surface area contributed by atoms with Gasteiger partial charge in [-0.3, -0.25) is 4.79 Å². The fourth-order valence-corrected chi connectivity index (χ4v) is 4.33. The van der Waals surface area contributed by atoms with E-state index in [1.165, 1.54) is 16.9 Å². The molecule has 0 saturated heterocycles. The number of carbonyl (C=O) groups is 1. The summed E-state index contributed by atoms with van der Waals surface area (Å²) in [6, 6.07) is 17.7. The Morgan fingerprint density at radius 1 is 1.12 bits per heavy atom. The summed E-state index contributed by atoms with van der Waals surface area (Å²) >= 11 is 4.87. The van der Waals surface area contributed by atoms with Crippen molar-refractivity contribution in [1.82, 2.24) is 9.78 Å². The molecule has 0 aliphatic rings. The molecule has 0 unspecified atom stereocenters. The minimum Gasteiger partial charge on any atom is -0.321 e. The maximum atomic E-state index is 12.7. The van der Waals surface area contributed by atoms with Crippen LogP contribution in [0.2, 0.25) is 0 Å². The number of hydrogen-bond donors (Lipinski definition) is 1. The lowest BCUT2D eigenvalue weighted by molar-refractivity contribution is 0.103. The van der Waals surface area contributed by atoms with E-state index < -0.39 is 0 Å². The number of rotatable bonds is 3. The lowest BCUT2D eigenvalue weighted by Crippen LogP contribution is -2.10. The first-order valence-electron chi connectivity index (χ1n) is 8.14. The van der Waals surface area contributed by atoms with E-state index in [-0.39, 0.29) is 5.91 Å². The summed E-state index contributed by atoms with van der Waals surface area (Å²) in [5.41, 5.74) is 3.86. The van der Waals surface area contributed by atoms with Crippen LogP contribution in [0.1, 0.15) is 20.9 Å². The third-order valence-electron chi connectivity index (χ3n) is 4.10. The van der Waals surface area contributed by atoms with Gasteiger partial charge in [0.25, 0.3) is 5.91 Å². The predicted octanol–water partition coefficient (Wildman–Crippen LogP) is 5.72. The molecule has 0 bridgehead atoms. The SMILES string of the molecule is Cc1cccc(-n2nc(C)c3cc(C(=O)Nc4cccc(Br)c4)sc32)c1. The van der Waals surface area contributed by atoms with Gasteiger partial charge < -0.3 is 5.32 Å². The molecule has 0 fully saturated rings. The molecule has 4 rings (SSSR count). The largest absolute Gasteiger partial charge is 0.321 e. The van der Waals surface area contributed by atoms with Crippen LogP contribution in [0.3, 0.4) is 0 Å². The second-order valence-electron chi connectivity index (χ2n) is 6.13. The number of hydrogen-bond acceptors (Lipinski definition) is 3. The van der Waals surface area contributed by atoms with Gasteiger partial charge in [-0.1, -0.05) is 34.1 Å². The lowest BCUT2D eigenvalue weighted by atomic mass is 10.2. The standard InChI is InChI=1S/C20H16BrN3OS/c1-12-5-3-8-16(9-12)24-20-17(13(2)23-24)11-18(26-20)19(25)22-15-7-4-6-14(21)10-15/h3-11H,1-2H3,(H,22,25). The molecule has 4 nitrogen and oxygen atoms in total. The summed E-state index contributed by atoms with van der Waals surface area (Å²) in [5, 5.41) is 8.61. The fraction of sp³-hybridized carbons (Fsp3) is 0.100. The number of anilines is 1. The Balaban J connectivity index is 1.72. The van der Waals surface area contributed by atoms with Gasteiger partial charge in [-0.2, -0.15) is 5.10 Å². The maximum Gasteiger partial charge on any atom is 0.265 e. The zero-order valence-electron chi connectivity index (χ0n) is 14.3. The van der Waals surface area contributed by atoms with Gasteiger partial charge in [0, 0.05) is 15.5 Å². The minimum absolute atomic E-state index is 0.112. The van der Waals surface area contributed by atoms with Gasteiger partial charge in [0.2, 0.25) is 0 Å². The van der Waals surface area contributed by atoms with E-state index in [1.807, 2.05) is 54.1 Å². The van der Waals surface area contributed by atoms with Crippen molar-refractivity contribution >= 4 is 49.1 Å². The van der Waals surface area contributed by atoms with Gasteiger partial charge >= 0.3 is 0 Å². The van der Waals surface area contributed by atoms with Crippen molar-refractivity contribution in [3.63, 3.8) is 0 Å². The Kier molecular flexibility index (Phi) is 4.38. The van der Waals surface area contributed by atoms with Crippen molar-refractivity contribution in [2.75, 3.05) is 5.32 Å². The normalized spacial score (nSPS) is 11.0. The van der Waals surface area contributed by atoms with Crippen LogP contribution in [0.15, 0.2) is 59.1 Å². The number of benzene rings is 2. The number of fused-ring (bicyclic) bond motifs is 1.